The van der Waals surface area contributed by atoms with Gasteiger partial charge in [0.05, 0.1) is 0 Å². The van der Waals surface area contributed by atoms with Crippen LogP contribution in [0.3, 0.4) is 0 Å². The van der Waals surface area contributed by atoms with Crippen molar-refractivity contribution in [3.63, 3.8) is 0 Å². The highest BCUT2D eigenvalue weighted by molar-refractivity contribution is 5.85. The highest BCUT2D eigenvalue weighted by atomic mass is 35.5. The first-order valence-electron chi connectivity index (χ1n) is 5.66. The topological polar surface area (TPSA) is 26.0 Å². The van der Waals surface area contributed by atoms with Crippen molar-refractivity contribution in [2.45, 2.75) is 44.1 Å². The van der Waals surface area contributed by atoms with E-state index in [0.717, 1.165) is 11.1 Å². The summed E-state index contributed by atoms with van der Waals surface area (Å²) in [6.45, 7) is 1.98. The lowest BCUT2D eigenvalue weighted by Gasteiger charge is -2.38. The lowest BCUT2D eigenvalue weighted by molar-refractivity contribution is -0.0514. The molecule has 0 spiro atoms. The Labute approximate surface area is 107 Å². The van der Waals surface area contributed by atoms with E-state index in [1.54, 1.807) is 0 Å². The minimum absolute atomic E-state index is 0. The Balaban J connectivity index is 0.00000144. The maximum absolute atomic E-state index is 13.1. The van der Waals surface area contributed by atoms with Gasteiger partial charge in [-0.2, -0.15) is 0 Å². The van der Waals surface area contributed by atoms with Gasteiger partial charge in [-0.25, -0.2) is 8.78 Å². The first-order chi connectivity index (χ1) is 7.43. The van der Waals surface area contributed by atoms with Crippen LogP contribution in [0.15, 0.2) is 24.3 Å². The summed E-state index contributed by atoms with van der Waals surface area (Å²) in [6, 6.07) is 7.80. The molecule has 1 aromatic carbocycles. The number of hydrogen-bond donors (Lipinski definition) is 1. The van der Waals surface area contributed by atoms with Crippen LogP contribution in [-0.2, 0) is 5.54 Å². The summed E-state index contributed by atoms with van der Waals surface area (Å²) in [4.78, 5) is 0. The molecule has 2 N–H and O–H groups in total. The van der Waals surface area contributed by atoms with Gasteiger partial charge in [0, 0.05) is 18.4 Å². The molecule has 96 valence electrons. The van der Waals surface area contributed by atoms with Crippen LogP contribution in [0.4, 0.5) is 8.78 Å². The van der Waals surface area contributed by atoms with Crippen molar-refractivity contribution < 1.29 is 8.78 Å². The fraction of sp³-hybridized carbons (Fsp3) is 0.538. The summed E-state index contributed by atoms with van der Waals surface area (Å²) in [5.74, 6) is -2.52. The molecule has 0 heterocycles. The molecule has 0 amide bonds. The zero-order valence-corrected chi connectivity index (χ0v) is 10.7. The number of rotatable bonds is 1. The number of hydrogen-bond acceptors (Lipinski definition) is 1. The van der Waals surface area contributed by atoms with E-state index in [-0.39, 0.29) is 25.2 Å². The van der Waals surface area contributed by atoms with Gasteiger partial charge in [0.15, 0.2) is 0 Å². The van der Waals surface area contributed by atoms with Gasteiger partial charge in [-0.3, -0.25) is 0 Å². The molecule has 1 aliphatic carbocycles. The SMILES string of the molecule is Cc1ccccc1C1(N)CCC(F)(F)CC1.Cl. The Morgan fingerprint density at radius 3 is 2.12 bits per heavy atom. The molecule has 2 rings (SSSR count). The van der Waals surface area contributed by atoms with Crippen molar-refractivity contribution in [2.75, 3.05) is 0 Å². The summed E-state index contributed by atoms with van der Waals surface area (Å²) in [6.07, 6.45) is 0.533. The fourth-order valence-electron chi connectivity index (χ4n) is 2.46. The third-order valence-corrected chi connectivity index (χ3v) is 3.56. The first-order valence-corrected chi connectivity index (χ1v) is 5.66. The number of aryl methyl sites for hydroxylation is 1. The van der Waals surface area contributed by atoms with Crippen molar-refractivity contribution in [1.82, 2.24) is 0 Å². The molecule has 0 atom stereocenters. The third-order valence-electron chi connectivity index (χ3n) is 3.56. The molecular formula is C13H18ClF2N. The summed E-state index contributed by atoms with van der Waals surface area (Å²) in [7, 11) is 0. The Kier molecular flexibility index (Phi) is 4.15. The average molecular weight is 262 g/mol. The number of benzene rings is 1. The number of alkyl halides is 2. The Morgan fingerprint density at radius 1 is 1.06 bits per heavy atom. The van der Waals surface area contributed by atoms with Crippen LogP contribution >= 0.6 is 12.4 Å². The lowest BCUT2D eigenvalue weighted by atomic mass is 9.75. The number of halogens is 3. The lowest BCUT2D eigenvalue weighted by Crippen LogP contribution is -2.44. The van der Waals surface area contributed by atoms with Crippen molar-refractivity contribution >= 4 is 12.4 Å². The quantitative estimate of drug-likeness (QED) is 0.818. The van der Waals surface area contributed by atoms with Gasteiger partial charge in [-0.1, -0.05) is 24.3 Å². The molecular weight excluding hydrogens is 244 g/mol. The predicted molar refractivity (Wildman–Crippen MR) is 67.7 cm³/mol. The maximum Gasteiger partial charge on any atom is 0.248 e. The zero-order chi connectivity index (χ0) is 11.8. The zero-order valence-electron chi connectivity index (χ0n) is 9.88. The summed E-state index contributed by atoms with van der Waals surface area (Å²) >= 11 is 0. The monoisotopic (exact) mass is 261 g/mol. The molecule has 0 bridgehead atoms. The highest BCUT2D eigenvalue weighted by Crippen LogP contribution is 2.42. The third kappa shape index (κ3) is 2.96. The fourth-order valence-corrected chi connectivity index (χ4v) is 2.46. The van der Waals surface area contributed by atoms with Crippen LogP contribution in [0, 0.1) is 6.92 Å². The van der Waals surface area contributed by atoms with Crippen LogP contribution in [0.2, 0.25) is 0 Å². The molecule has 4 heteroatoms. The van der Waals surface area contributed by atoms with E-state index in [9.17, 15) is 8.78 Å². The second-order valence-electron chi connectivity index (χ2n) is 4.83. The summed E-state index contributed by atoms with van der Waals surface area (Å²) in [5, 5.41) is 0. The number of nitrogens with two attached hydrogens (primary N) is 1. The van der Waals surface area contributed by atoms with Crippen LogP contribution in [0.25, 0.3) is 0 Å². The highest BCUT2D eigenvalue weighted by Gasteiger charge is 2.42. The van der Waals surface area contributed by atoms with E-state index in [1.807, 2.05) is 31.2 Å². The molecule has 1 fully saturated rings. The second kappa shape index (κ2) is 4.91. The van der Waals surface area contributed by atoms with Gasteiger partial charge in [-0.15, -0.1) is 12.4 Å². The van der Waals surface area contributed by atoms with Gasteiger partial charge >= 0.3 is 0 Å². The van der Waals surface area contributed by atoms with Crippen molar-refractivity contribution in [3.05, 3.63) is 35.4 Å². The van der Waals surface area contributed by atoms with Crippen molar-refractivity contribution in [3.8, 4) is 0 Å². The summed E-state index contributed by atoms with van der Waals surface area (Å²) in [5.41, 5.74) is 7.82. The van der Waals surface area contributed by atoms with Crippen LogP contribution in [0.5, 0.6) is 0 Å². The van der Waals surface area contributed by atoms with Crippen molar-refractivity contribution in [2.24, 2.45) is 5.73 Å². The Morgan fingerprint density at radius 2 is 1.59 bits per heavy atom. The van der Waals surface area contributed by atoms with E-state index in [2.05, 4.69) is 0 Å². The molecule has 0 unspecified atom stereocenters. The van der Waals surface area contributed by atoms with Gasteiger partial charge < -0.3 is 5.73 Å². The normalized spacial score (nSPS) is 21.6. The molecule has 0 aliphatic heterocycles. The standard InChI is InChI=1S/C13H17F2N.ClH/c1-10-4-2-3-5-11(10)12(16)6-8-13(14,15)9-7-12;/h2-5H,6-9,16H2,1H3;1H. The minimum Gasteiger partial charge on any atom is -0.321 e. The molecule has 1 saturated carbocycles. The minimum atomic E-state index is -2.52. The Hall–Kier alpha value is -0.670. The smallest absolute Gasteiger partial charge is 0.248 e. The largest absolute Gasteiger partial charge is 0.321 e. The van der Waals surface area contributed by atoms with Gasteiger partial charge in [-0.05, 0) is 30.9 Å². The van der Waals surface area contributed by atoms with E-state index in [4.69, 9.17) is 5.73 Å². The van der Waals surface area contributed by atoms with Crippen LogP contribution in [0.1, 0.15) is 36.8 Å². The maximum atomic E-state index is 13.1. The molecule has 0 saturated heterocycles. The molecule has 17 heavy (non-hydrogen) atoms. The van der Waals surface area contributed by atoms with E-state index >= 15 is 0 Å². The van der Waals surface area contributed by atoms with Gasteiger partial charge in [0.2, 0.25) is 5.92 Å². The summed E-state index contributed by atoms with van der Waals surface area (Å²) < 4.78 is 26.2. The van der Waals surface area contributed by atoms with Gasteiger partial charge in [0.1, 0.15) is 0 Å². The van der Waals surface area contributed by atoms with Crippen molar-refractivity contribution in [1.29, 1.82) is 0 Å². The van der Waals surface area contributed by atoms with Crippen LogP contribution in [-0.4, -0.2) is 5.92 Å². The van der Waals surface area contributed by atoms with E-state index in [0.29, 0.717) is 12.8 Å². The molecule has 1 aromatic rings. The van der Waals surface area contributed by atoms with Crippen LogP contribution < -0.4 is 5.73 Å². The molecule has 1 aliphatic rings. The van der Waals surface area contributed by atoms with E-state index < -0.39 is 11.5 Å². The average Bonchev–Trinajstić information content (AvgIpc) is 2.24. The van der Waals surface area contributed by atoms with E-state index in [1.165, 1.54) is 0 Å². The molecule has 1 nitrogen and oxygen atoms in total. The Bertz CT molecular complexity index is 383. The molecule has 0 radical (unpaired) electrons. The first kappa shape index (κ1) is 14.4. The predicted octanol–water partition coefficient (Wildman–Crippen LogP) is 3.78. The second-order valence-corrected chi connectivity index (χ2v) is 4.83. The molecule has 0 aromatic heterocycles. The van der Waals surface area contributed by atoms with Gasteiger partial charge in [0.25, 0.3) is 0 Å².